The largest absolute Gasteiger partial charge is 0.383 e. The van der Waals surface area contributed by atoms with Crippen LogP contribution in [-0.2, 0) is 6.54 Å². The predicted molar refractivity (Wildman–Crippen MR) is 84.8 cm³/mol. The van der Waals surface area contributed by atoms with Gasteiger partial charge in [0.2, 0.25) is 0 Å². The SMILES string of the molecule is CN(CCn1cncc1-c1cccnc1N)C1CCCC1. The molecule has 1 aliphatic rings. The average Bonchev–Trinajstić information content (AvgIpc) is 3.17. The smallest absolute Gasteiger partial charge is 0.132 e. The summed E-state index contributed by atoms with van der Waals surface area (Å²) in [5.41, 5.74) is 7.97. The lowest BCUT2D eigenvalue weighted by Crippen LogP contribution is -2.32. The van der Waals surface area contributed by atoms with Crippen molar-refractivity contribution in [1.82, 2.24) is 19.4 Å². The second-order valence-corrected chi connectivity index (χ2v) is 5.83. The zero-order valence-corrected chi connectivity index (χ0v) is 12.6. The molecule has 0 unspecified atom stereocenters. The minimum absolute atomic E-state index is 0.559. The van der Waals surface area contributed by atoms with Crippen LogP contribution in [0.2, 0.25) is 0 Å². The Balaban J connectivity index is 1.70. The molecule has 0 radical (unpaired) electrons. The minimum Gasteiger partial charge on any atom is -0.383 e. The lowest BCUT2D eigenvalue weighted by molar-refractivity contribution is 0.237. The molecule has 0 aromatic carbocycles. The lowest BCUT2D eigenvalue weighted by atomic mass is 10.2. The van der Waals surface area contributed by atoms with Gasteiger partial charge in [-0.2, -0.15) is 0 Å². The predicted octanol–water partition coefficient (Wildman–Crippen LogP) is 2.40. The Morgan fingerprint density at radius 1 is 1.38 bits per heavy atom. The molecule has 0 aliphatic heterocycles. The van der Waals surface area contributed by atoms with Crippen molar-refractivity contribution in [3.63, 3.8) is 0 Å². The molecule has 0 spiro atoms. The number of aromatic nitrogens is 3. The van der Waals surface area contributed by atoms with E-state index in [1.807, 2.05) is 24.7 Å². The number of rotatable bonds is 5. The molecule has 0 saturated heterocycles. The molecule has 0 atom stereocenters. The third kappa shape index (κ3) is 3.08. The normalized spacial score (nSPS) is 15.9. The maximum absolute atomic E-state index is 5.97. The van der Waals surface area contributed by atoms with Gasteiger partial charge in [-0.15, -0.1) is 0 Å². The van der Waals surface area contributed by atoms with Gasteiger partial charge < -0.3 is 15.2 Å². The molecule has 0 bridgehead atoms. The van der Waals surface area contributed by atoms with Crippen LogP contribution in [0.3, 0.4) is 0 Å². The zero-order valence-electron chi connectivity index (χ0n) is 12.6. The highest BCUT2D eigenvalue weighted by Crippen LogP contribution is 2.24. The molecule has 112 valence electrons. The minimum atomic E-state index is 0.559. The summed E-state index contributed by atoms with van der Waals surface area (Å²) in [7, 11) is 2.23. The van der Waals surface area contributed by atoms with E-state index in [1.54, 1.807) is 6.20 Å². The van der Waals surface area contributed by atoms with Gasteiger partial charge in [-0.05, 0) is 32.0 Å². The Kier molecular flexibility index (Phi) is 4.20. The first-order valence-corrected chi connectivity index (χ1v) is 7.67. The summed E-state index contributed by atoms with van der Waals surface area (Å²) in [4.78, 5) is 10.9. The fourth-order valence-corrected chi connectivity index (χ4v) is 3.15. The van der Waals surface area contributed by atoms with Crippen LogP contribution < -0.4 is 5.73 Å². The van der Waals surface area contributed by atoms with E-state index in [9.17, 15) is 0 Å². The number of nitrogen functional groups attached to an aromatic ring is 1. The third-order valence-electron chi connectivity index (χ3n) is 4.47. The van der Waals surface area contributed by atoms with E-state index >= 15 is 0 Å². The average molecular weight is 285 g/mol. The third-order valence-corrected chi connectivity index (χ3v) is 4.47. The Hall–Kier alpha value is -1.88. The van der Waals surface area contributed by atoms with Crippen molar-refractivity contribution in [2.24, 2.45) is 0 Å². The summed E-state index contributed by atoms with van der Waals surface area (Å²) in [6.45, 7) is 1.96. The second kappa shape index (κ2) is 6.26. The molecule has 1 fully saturated rings. The molecule has 2 aromatic heterocycles. The number of hydrogen-bond donors (Lipinski definition) is 1. The van der Waals surface area contributed by atoms with Crippen LogP contribution in [0.5, 0.6) is 0 Å². The van der Waals surface area contributed by atoms with E-state index in [0.29, 0.717) is 5.82 Å². The van der Waals surface area contributed by atoms with Crippen LogP contribution in [0.25, 0.3) is 11.3 Å². The second-order valence-electron chi connectivity index (χ2n) is 5.83. The summed E-state index contributed by atoms with van der Waals surface area (Å²) in [5.74, 6) is 0.559. The van der Waals surface area contributed by atoms with E-state index in [4.69, 9.17) is 5.73 Å². The van der Waals surface area contributed by atoms with Crippen LogP contribution in [0.1, 0.15) is 25.7 Å². The maximum atomic E-state index is 5.97. The molecular formula is C16H23N5. The molecule has 1 aliphatic carbocycles. The van der Waals surface area contributed by atoms with Gasteiger partial charge in [0.15, 0.2) is 0 Å². The van der Waals surface area contributed by atoms with E-state index in [-0.39, 0.29) is 0 Å². The summed E-state index contributed by atoms with van der Waals surface area (Å²) in [6, 6.07) is 4.66. The summed E-state index contributed by atoms with van der Waals surface area (Å²) in [5, 5.41) is 0. The Morgan fingerprint density at radius 2 is 2.19 bits per heavy atom. The van der Waals surface area contributed by atoms with E-state index in [0.717, 1.165) is 30.4 Å². The van der Waals surface area contributed by atoms with E-state index < -0.39 is 0 Å². The maximum Gasteiger partial charge on any atom is 0.132 e. The Labute approximate surface area is 125 Å². The van der Waals surface area contributed by atoms with Crippen LogP contribution in [0, 0.1) is 0 Å². The molecule has 2 aromatic rings. The number of nitrogens with two attached hydrogens (primary N) is 1. The van der Waals surface area contributed by atoms with Crippen LogP contribution in [-0.4, -0.2) is 39.1 Å². The highest BCUT2D eigenvalue weighted by atomic mass is 15.2. The first-order chi connectivity index (χ1) is 10.3. The van der Waals surface area contributed by atoms with Crippen molar-refractivity contribution in [3.05, 3.63) is 30.9 Å². The van der Waals surface area contributed by atoms with Gasteiger partial charge in [-0.25, -0.2) is 9.97 Å². The first-order valence-electron chi connectivity index (χ1n) is 7.67. The summed E-state index contributed by atoms with van der Waals surface area (Å²) >= 11 is 0. The number of imidazole rings is 1. The van der Waals surface area contributed by atoms with Gasteiger partial charge in [0.05, 0.1) is 18.2 Å². The highest BCUT2D eigenvalue weighted by molar-refractivity contribution is 5.70. The van der Waals surface area contributed by atoms with E-state index in [2.05, 4.69) is 26.5 Å². The van der Waals surface area contributed by atoms with Gasteiger partial charge in [-0.1, -0.05) is 12.8 Å². The van der Waals surface area contributed by atoms with E-state index in [1.165, 1.54) is 25.7 Å². The molecule has 21 heavy (non-hydrogen) atoms. The topological polar surface area (TPSA) is 60.0 Å². The number of anilines is 1. The van der Waals surface area contributed by atoms with Crippen LogP contribution in [0.4, 0.5) is 5.82 Å². The standard InChI is InChI=1S/C16H23N5/c1-20(13-5-2-3-6-13)9-10-21-12-18-11-15(21)14-7-4-8-19-16(14)17/h4,7-8,11-13H,2-3,5-6,9-10H2,1H3,(H2,17,19). The molecule has 0 amide bonds. The number of pyridine rings is 1. The fourth-order valence-electron chi connectivity index (χ4n) is 3.15. The molecule has 2 heterocycles. The number of nitrogens with zero attached hydrogens (tertiary/aromatic N) is 4. The molecule has 2 N–H and O–H groups in total. The van der Waals surface area contributed by atoms with Crippen molar-refractivity contribution in [2.45, 2.75) is 38.3 Å². The quantitative estimate of drug-likeness (QED) is 0.916. The van der Waals surface area contributed by atoms with Crippen LogP contribution >= 0.6 is 0 Å². The molecule has 1 saturated carbocycles. The van der Waals surface area contributed by atoms with Gasteiger partial charge in [-0.3, -0.25) is 0 Å². The molecule has 5 nitrogen and oxygen atoms in total. The van der Waals surface area contributed by atoms with Crippen molar-refractivity contribution in [1.29, 1.82) is 0 Å². The fraction of sp³-hybridized carbons (Fsp3) is 0.500. The summed E-state index contributed by atoms with van der Waals surface area (Å²) in [6.07, 6.45) is 10.9. The number of likely N-dealkylation sites (N-methyl/N-ethyl adjacent to an activating group) is 1. The Bertz CT molecular complexity index is 586. The van der Waals surface area contributed by atoms with Crippen molar-refractivity contribution in [3.8, 4) is 11.3 Å². The van der Waals surface area contributed by atoms with Crippen molar-refractivity contribution < 1.29 is 0 Å². The summed E-state index contributed by atoms with van der Waals surface area (Å²) < 4.78 is 2.17. The lowest BCUT2D eigenvalue weighted by Gasteiger charge is -2.24. The Morgan fingerprint density at radius 3 is 2.95 bits per heavy atom. The van der Waals surface area contributed by atoms with Gasteiger partial charge in [0.1, 0.15) is 5.82 Å². The van der Waals surface area contributed by atoms with Crippen molar-refractivity contribution >= 4 is 5.82 Å². The van der Waals surface area contributed by atoms with Gasteiger partial charge in [0, 0.05) is 30.9 Å². The highest BCUT2D eigenvalue weighted by Gasteiger charge is 2.19. The first kappa shape index (κ1) is 14.1. The number of hydrogen-bond acceptors (Lipinski definition) is 4. The molecule has 5 heteroatoms. The van der Waals surface area contributed by atoms with Gasteiger partial charge >= 0.3 is 0 Å². The van der Waals surface area contributed by atoms with Crippen molar-refractivity contribution in [2.75, 3.05) is 19.3 Å². The van der Waals surface area contributed by atoms with Crippen LogP contribution in [0.15, 0.2) is 30.9 Å². The van der Waals surface area contributed by atoms with Gasteiger partial charge in [0.25, 0.3) is 0 Å². The zero-order chi connectivity index (χ0) is 14.7. The monoisotopic (exact) mass is 285 g/mol. The molecule has 3 rings (SSSR count). The molecular weight excluding hydrogens is 262 g/mol.